The fourth-order valence-electron chi connectivity index (χ4n) is 2.04. The van der Waals surface area contributed by atoms with E-state index in [4.69, 9.17) is 14.7 Å². The maximum atomic E-state index is 12.2. The molecule has 0 aliphatic carbocycles. The highest BCUT2D eigenvalue weighted by Crippen LogP contribution is 2.22. The Bertz CT molecular complexity index is 808. The largest absolute Gasteiger partial charge is 0.497 e. The van der Waals surface area contributed by atoms with E-state index in [1.807, 2.05) is 6.07 Å². The molecule has 0 atom stereocenters. The van der Waals surface area contributed by atoms with E-state index in [1.165, 1.54) is 31.0 Å². The molecule has 1 aromatic carbocycles. The predicted octanol–water partition coefficient (Wildman–Crippen LogP) is 0.599. The third kappa shape index (κ3) is 3.17. The van der Waals surface area contributed by atoms with Gasteiger partial charge >= 0.3 is 5.69 Å². The highest BCUT2D eigenvalue weighted by molar-refractivity contribution is 5.38. The second-order valence-corrected chi connectivity index (χ2v) is 4.53. The SMILES string of the molecule is COc1cc(Cn2c(=O)ccn(CC#N)c2=O)cc(OC)c1. The maximum absolute atomic E-state index is 12.2. The normalized spacial score (nSPS) is 10.0. The van der Waals surface area contributed by atoms with Crippen molar-refractivity contribution in [3.63, 3.8) is 0 Å². The van der Waals surface area contributed by atoms with Crippen LogP contribution in [0.15, 0.2) is 40.1 Å². The van der Waals surface area contributed by atoms with Gasteiger partial charge < -0.3 is 9.47 Å². The van der Waals surface area contributed by atoms with Crippen molar-refractivity contribution in [2.24, 2.45) is 0 Å². The Labute approximate surface area is 126 Å². The lowest BCUT2D eigenvalue weighted by Crippen LogP contribution is -2.39. The summed E-state index contributed by atoms with van der Waals surface area (Å²) >= 11 is 0. The Hall–Kier alpha value is -3.01. The van der Waals surface area contributed by atoms with E-state index in [-0.39, 0.29) is 13.1 Å². The van der Waals surface area contributed by atoms with Gasteiger partial charge in [-0.25, -0.2) is 4.79 Å². The van der Waals surface area contributed by atoms with Gasteiger partial charge in [-0.3, -0.25) is 13.9 Å². The number of hydrogen-bond acceptors (Lipinski definition) is 5. The average molecular weight is 301 g/mol. The number of nitrogens with zero attached hydrogens (tertiary/aromatic N) is 3. The number of hydrogen-bond donors (Lipinski definition) is 0. The van der Waals surface area contributed by atoms with Crippen molar-refractivity contribution in [3.8, 4) is 17.6 Å². The summed E-state index contributed by atoms with van der Waals surface area (Å²) in [5, 5.41) is 8.70. The first kappa shape index (κ1) is 15.4. The van der Waals surface area contributed by atoms with Gasteiger partial charge in [0.1, 0.15) is 18.0 Å². The lowest BCUT2D eigenvalue weighted by molar-refractivity contribution is 0.393. The zero-order valence-corrected chi connectivity index (χ0v) is 12.3. The van der Waals surface area contributed by atoms with Crippen LogP contribution in [-0.2, 0) is 13.1 Å². The van der Waals surface area contributed by atoms with Crippen LogP contribution in [0, 0.1) is 11.3 Å². The minimum atomic E-state index is -0.532. The number of ether oxygens (including phenoxy) is 2. The summed E-state index contributed by atoms with van der Waals surface area (Å²) in [6.07, 6.45) is 1.32. The molecular weight excluding hydrogens is 286 g/mol. The maximum Gasteiger partial charge on any atom is 0.332 e. The van der Waals surface area contributed by atoms with E-state index >= 15 is 0 Å². The summed E-state index contributed by atoms with van der Waals surface area (Å²) in [4.78, 5) is 24.1. The van der Waals surface area contributed by atoms with Crippen LogP contribution in [0.3, 0.4) is 0 Å². The van der Waals surface area contributed by atoms with Crippen LogP contribution in [0.2, 0.25) is 0 Å². The fraction of sp³-hybridized carbons (Fsp3) is 0.267. The van der Waals surface area contributed by atoms with Crippen molar-refractivity contribution >= 4 is 0 Å². The van der Waals surface area contributed by atoms with Crippen molar-refractivity contribution in [2.75, 3.05) is 14.2 Å². The standard InChI is InChI=1S/C15H15N3O4/c1-21-12-7-11(8-13(9-12)22-2)10-18-14(19)3-5-17(6-4-16)15(18)20/h3,5,7-9H,6,10H2,1-2H3. The summed E-state index contributed by atoms with van der Waals surface area (Å²) < 4.78 is 12.6. The Morgan fingerprint density at radius 1 is 1.14 bits per heavy atom. The monoisotopic (exact) mass is 301 g/mol. The molecule has 0 saturated carbocycles. The van der Waals surface area contributed by atoms with E-state index in [0.717, 1.165) is 4.57 Å². The van der Waals surface area contributed by atoms with Gasteiger partial charge in [0.15, 0.2) is 0 Å². The van der Waals surface area contributed by atoms with Gasteiger partial charge in [0.2, 0.25) is 0 Å². The van der Waals surface area contributed by atoms with Crippen molar-refractivity contribution in [1.29, 1.82) is 5.26 Å². The molecule has 0 aliphatic rings. The minimum absolute atomic E-state index is 0.0670. The Kier molecular flexibility index (Phi) is 4.63. The van der Waals surface area contributed by atoms with Crippen molar-refractivity contribution in [2.45, 2.75) is 13.1 Å². The van der Waals surface area contributed by atoms with Gasteiger partial charge in [0, 0.05) is 18.3 Å². The molecule has 0 fully saturated rings. The molecule has 22 heavy (non-hydrogen) atoms. The molecule has 1 aromatic heterocycles. The summed E-state index contributed by atoms with van der Waals surface area (Å²) in [5.74, 6) is 1.13. The molecule has 0 bridgehead atoms. The van der Waals surface area contributed by atoms with Crippen molar-refractivity contribution < 1.29 is 9.47 Å². The summed E-state index contributed by atoms with van der Waals surface area (Å²) in [6.45, 7) is -0.0436. The first-order chi connectivity index (χ1) is 10.6. The topological polar surface area (TPSA) is 86.2 Å². The van der Waals surface area contributed by atoms with Gasteiger partial charge in [0.05, 0.1) is 26.8 Å². The Morgan fingerprint density at radius 3 is 2.32 bits per heavy atom. The number of aromatic nitrogens is 2. The second-order valence-electron chi connectivity index (χ2n) is 4.53. The fourth-order valence-corrected chi connectivity index (χ4v) is 2.04. The third-order valence-electron chi connectivity index (χ3n) is 3.13. The van der Waals surface area contributed by atoms with E-state index in [9.17, 15) is 9.59 Å². The third-order valence-corrected chi connectivity index (χ3v) is 3.13. The number of nitriles is 1. The zero-order chi connectivity index (χ0) is 16.1. The number of rotatable bonds is 5. The molecule has 0 radical (unpaired) electrons. The van der Waals surface area contributed by atoms with Gasteiger partial charge in [-0.1, -0.05) is 0 Å². The molecule has 2 aromatic rings. The van der Waals surface area contributed by atoms with Gasteiger partial charge in [0.25, 0.3) is 5.56 Å². The first-order valence-electron chi connectivity index (χ1n) is 6.48. The van der Waals surface area contributed by atoms with Gasteiger partial charge in [-0.05, 0) is 17.7 Å². The summed E-state index contributed by atoms with van der Waals surface area (Å²) in [6, 6.07) is 8.28. The Morgan fingerprint density at radius 2 is 1.77 bits per heavy atom. The number of benzene rings is 1. The molecule has 2 rings (SSSR count). The predicted molar refractivity (Wildman–Crippen MR) is 79.2 cm³/mol. The molecule has 0 saturated heterocycles. The Balaban J connectivity index is 2.47. The minimum Gasteiger partial charge on any atom is -0.497 e. The van der Waals surface area contributed by atoms with Crippen molar-refractivity contribution in [1.82, 2.24) is 9.13 Å². The van der Waals surface area contributed by atoms with Crippen LogP contribution in [0.1, 0.15) is 5.56 Å². The number of methoxy groups -OCH3 is 2. The van der Waals surface area contributed by atoms with Gasteiger partial charge in [-0.2, -0.15) is 5.26 Å². The molecular formula is C15H15N3O4. The highest BCUT2D eigenvalue weighted by atomic mass is 16.5. The van der Waals surface area contributed by atoms with Crippen LogP contribution in [0.4, 0.5) is 0 Å². The lowest BCUT2D eigenvalue weighted by Gasteiger charge is -2.10. The molecule has 0 spiro atoms. The van der Waals surface area contributed by atoms with E-state index in [2.05, 4.69) is 0 Å². The molecule has 114 valence electrons. The second kappa shape index (κ2) is 6.63. The highest BCUT2D eigenvalue weighted by Gasteiger charge is 2.08. The molecule has 0 unspecified atom stereocenters. The molecule has 0 N–H and O–H groups in total. The van der Waals surface area contributed by atoms with E-state index < -0.39 is 11.2 Å². The molecule has 0 amide bonds. The lowest BCUT2D eigenvalue weighted by atomic mass is 10.2. The molecule has 7 heteroatoms. The van der Waals surface area contributed by atoms with Crippen molar-refractivity contribution in [3.05, 3.63) is 56.9 Å². The zero-order valence-electron chi connectivity index (χ0n) is 12.3. The van der Waals surface area contributed by atoms with Crippen LogP contribution < -0.4 is 20.7 Å². The van der Waals surface area contributed by atoms with Gasteiger partial charge in [-0.15, -0.1) is 0 Å². The summed E-state index contributed by atoms with van der Waals surface area (Å²) in [5.41, 5.74) is -0.276. The smallest absolute Gasteiger partial charge is 0.332 e. The van der Waals surface area contributed by atoms with Crippen LogP contribution >= 0.6 is 0 Å². The van der Waals surface area contributed by atoms with E-state index in [0.29, 0.717) is 17.1 Å². The van der Waals surface area contributed by atoms with Crippen LogP contribution in [-0.4, -0.2) is 23.4 Å². The quantitative estimate of drug-likeness (QED) is 0.807. The molecule has 0 aliphatic heterocycles. The summed E-state index contributed by atoms with van der Waals surface area (Å²) in [7, 11) is 3.04. The van der Waals surface area contributed by atoms with Crippen LogP contribution in [0.25, 0.3) is 0 Å². The molecule has 7 nitrogen and oxygen atoms in total. The van der Waals surface area contributed by atoms with E-state index in [1.54, 1.807) is 18.2 Å². The first-order valence-corrected chi connectivity index (χ1v) is 6.48. The molecule has 1 heterocycles. The average Bonchev–Trinajstić information content (AvgIpc) is 2.53. The van der Waals surface area contributed by atoms with Crippen LogP contribution in [0.5, 0.6) is 11.5 Å².